The van der Waals surface area contributed by atoms with Crippen LogP contribution in [0.25, 0.3) is 0 Å². The van der Waals surface area contributed by atoms with Crippen LogP contribution in [0.15, 0.2) is 24.3 Å². The van der Waals surface area contributed by atoms with Crippen molar-refractivity contribution in [2.45, 2.75) is 38.8 Å². The molecule has 0 saturated carbocycles. The molecule has 2 bridgehead atoms. The van der Waals surface area contributed by atoms with Gasteiger partial charge in [-0.25, -0.2) is 4.79 Å². The maximum Gasteiger partial charge on any atom is 0.408 e. The van der Waals surface area contributed by atoms with E-state index in [-0.39, 0.29) is 19.1 Å². The molecule has 2 heterocycles. The van der Waals surface area contributed by atoms with Gasteiger partial charge in [-0.1, -0.05) is 0 Å². The number of aliphatic hydroxyl groups excluding tert-OH is 1. The lowest BCUT2D eigenvalue weighted by atomic mass is 9.84. The summed E-state index contributed by atoms with van der Waals surface area (Å²) in [5.74, 6) is 1.08. The average molecular weight is 459 g/mol. The van der Waals surface area contributed by atoms with Crippen LogP contribution in [0, 0.1) is 23.2 Å². The minimum absolute atomic E-state index is 0.132. The Morgan fingerprint density at radius 2 is 1.79 bits per heavy atom. The van der Waals surface area contributed by atoms with Crippen molar-refractivity contribution in [3.63, 3.8) is 0 Å². The predicted molar refractivity (Wildman–Crippen MR) is 122 cm³/mol. The number of hydrogen-bond acceptors (Lipinski definition) is 6. The van der Waals surface area contributed by atoms with Crippen molar-refractivity contribution in [2.24, 2.45) is 11.8 Å². The van der Waals surface area contributed by atoms with E-state index in [1.807, 2.05) is 4.90 Å². The van der Waals surface area contributed by atoms with E-state index in [4.69, 9.17) is 10.00 Å². The molecule has 2 amide bonds. The molecule has 2 fully saturated rings. The van der Waals surface area contributed by atoms with Crippen LogP contribution in [-0.2, 0) is 4.79 Å². The molecule has 2 aliphatic rings. The highest BCUT2D eigenvalue weighted by atomic mass is 16.5. The lowest BCUT2D eigenvalue weighted by Gasteiger charge is -2.46. The van der Waals surface area contributed by atoms with E-state index in [2.05, 4.69) is 11.0 Å². The van der Waals surface area contributed by atoms with Crippen LogP contribution in [0.4, 0.5) is 4.79 Å². The molecule has 2 saturated heterocycles. The van der Waals surface area contributed by atoms with Crippen molar-refractivity contribution >= 4 is 12.0 Å². The largest absolute Gasteiger partial charge is 0.491 e. The summed E-state index contributed by atoms with van der Waals surface area (Å²) in [6, 6.07) is 8.85. The van der Waals surface area contributed by atoms with Crippen molar-refractivity contribution in [3.05, 3.63) is 29.8 Å². The molecular weight excluding hydrogens is 424 g/mol. The summed E-state index contributed by atoms with van der Waals surface area (Å²) in [5, 5.41) is 28.8. The molecule has 1 aromatic rings. The van der Waals surface area contributed by atoms with Crippen LogP contribution in [0.1, 0.15) is 32.8 Å². The van der Waals surface area contributed by atoms with Crippen LogP contribution in [0.5, 0.6) is 5.75 Å². The predicted octanol–water partition coefficient (Wildman–Crippen LogP) is 1.86. The van der Waals surface area contributed by atoms with E-state index in [9.17, 15) is 19.8 Å². The van der Waals surface area contributed by atoms with Gasteiger partial charge in [-0.3, -0.25) is 14.6 Å². The minimum Gasteiger partial charge on any atom is -0.491 e. The smallest absolute Gasteiger partial charge is 0.408 e. The number of carboxylic acid groups (broad SMARTS) is 1. The van der Waals surface area contributed by atoms with Crippen LogP contribution in [0.3, 0.4) is 0 Å². The Kier molecular flexibility index (Phi) is 7.82. The first-order valence-corrected chi connectivity index (χ1v) is 11.4. The summed E-state index contributed by atoms with van der Waals surface area (Å²) in [5.41, 5.74) is -0.0794. The SMILES string of the molecule is CC(C)(C)N(CC(=O)N1CC2CC(CN(CC(O)COc3ccc(C#N)cc3)C2)C1)C(=O)O. The standard InChI is InChI=1S/C24H34N4O5/c1-24(2,3)28(23(31)32)15-22(30)27-12-18-8-19(13-27)11-26(10-18)14-20(29)16-33-21-6-4-17(9-25)5-7-21/h4-7,18-20,29H,8,10-16H2,1-3H3,(H,31,32). The molecule has 2 N–H and O–H groups in total. The zero-order chi connectivity index (χ0) is 24.2. The summed E-state index contributed by atoms with van der Waals surface area (Å²) in [4.78, 5) is 29.7. The maximum absolute atomic E-state index is 12.8. The van der Waals surface area contributed by atoms with Crippen molar-refractivity contribution in [2.75, 3.05) is 45.9 Å². The number of nitriles is 1. The van der Waals surface area contributed by atoms with Gasteiger partial charge in [-0.15, -0.1) is 0 Å². The van der Waals surface area contributed by atoms with Gasteiger partial charge in [0, 0.05) is 38.3 Å². The van der Waals surface area contributed by atoms with Crippen molar-refractivity contribution in [1.29, 1.82) is 5.26 Å². The van der Waals surface area contributed by atoms with Crippen molar-refractivity contribution in [1.82, 2.24) is 14.7 Å². The van der Waals surface area contributed by atoms with E-state index in [0.717, 1.165) is 19.5 Å². The summed E-state index contributed by atoms with van der Waals surface area (Å²) in [6.07, 6.45) is -0.690. The molecule has 3 rings (SSSR count). The van der Waals surface area contributed by atoms with Crippen LogP contribution in [0.2, 0.25) is 0 Å². The average Bonchev–Trinajstić information content (AvgIpc) is 2.74. The van der Waals surface area contributed by atoms with E-state index in [1.165, 1.54) is 4.90 Å². The summed E-state index contributed by atoms with van der Waals surface area (Å²) in [6.45, 7) is 8.69. The van der Waals surface area contributed by atoms with Crippen LogP contribution >= 0.6 is 0 Å². The number of rotatable bonds is 7. The van der Waals surface area contributed by atoms with Crippen molar-refractivity contribution in [3.8, 4) is 11.8 Å². The highest BCUT2D eigenvalue weighted by Gasteiger charge is 2.38. The van der Waals surface area contributed by atoms with Crippen LogP contribution < -0.4 is 4.74 Å². The normalized spacial score (nSPS) is 21.7. The molecule has 0 aliphatic carbocycles. The third-order valence-corrected chi connectivity index (χ3v) is 6.24. The Balaban J connectivity index is 1.47. The fraction of sp³-hybridized carbons (Fsp3) is 0.625. The molecule has 9 heteroatoms. The number of nitrogens with zero attached hydrogens (tertiary/aromatic N) is 4. The number of piperidine rings is 2. The third kappa shape index (κ3) is 6.83. The Morgan fingerprint density at radius 3 is 2.30 bits per heavy atom. The second kappa shape index (κ2) is 10.4. The number of carbonyl (C=O) groups excluding carboxylic acids is 1. The fourth-order valence-electron chi connectivity index (χ4n) is 4.74. The first-order valence-electron chi connectivity index (χ1n) is 11.4. The molecule has 180 valence electrons. The number of aliphatic hydroxyl groups is 1. The molecule has 33 heavy (non-hydrogen) atoms. The monoisotopic (exact) mass is 458 g/mol. The number of β-amino-alcohol motifs (C(OH)–C–C–N with tert-alkyl or cyclic N) is 1. The molecule has 1 aromatic carbocycles. The van der Waals surface area contributed by atoms with Gasteiger partial charge in [0.2, 0.25) is 5.91 Å². The van der Waals surface area contributed by atoms with Gasteiger partial charge in [0.15, 0.2) is 0 Å². The third-order valence-electron chi connectivity index (χ3n) is 6.24. The van der Waals surface area contributed by atoms with Gasteiger partial charge in [0.1, 0.15) is 25.0 Å². The topological polar surface area (TPSA) is 117 Å². The molecule has 3 unspecified atom stereocenters. The number of ether oxygens (including phenoxy) is 1. The Labute approximate surface area is 195 Å². The molecule has 0 spiro atoms. The number of amides is 2. The number of likely N-dealkylation sites (tertiary alicyclic amines) is 2. The Morgan fingerprint density at radius 1 is 1.18 bits per heavy atom. The van der Waals surface area contributed by atoms with Gasteiger partial charge in [-0.2, -0.15) is 5.26 Å². The fourth-order valence-corrected chi connectivity index (χ4v) is 4.74. The number of hydrogen-bond donors (Lipinski definition) is 2. The van der Waals surface area contributed by atoms with E-state index < -0.39 is 17.7 Å². The Hall–Kier alpha value is -2.83. The summed E-state index contributed by atoms with van der Waals surface area (Å²) < 4.78 is 5.64. The molecule has 3 atom stereocenters. The van der Waals surface area contributed by atoms with Gasteiger partial charge < -0.3 is 19.8 Å². The molecular formula is C24H34N4O5. The lowest BCUT2D eigenvalue weighted by molar-refractivity contribution is -0.138. The first-order chi connectivity index (χ1) is 15.5. The summed E-state index contributed by atoms with van der Waals surface area (Å²) >= 11 is 0. The second-order valence-corrected chi connectivity index (χ2v) is 10.1. The zero-order valence-corrected chi connectivity index (χ0v) is 19.6. The van der Waals surface area contributed by atoms with Gasteiger partial charge >= 0.3 is 6.09 Å². The number of carbonyl (C=O) groups is 2. The van der Waals surface area contributed by atoms with Crippen molar-refractivity contribution < 1.29 is 24.5 Å². The van der Waals surface area contributed by atoms with E-state index in [1.54, 1.807) is 45.0 Å². The highest BCUT2D eigenvalue weighted by molar-refractivity contribution is 5.82. The second-order valence-electron chi connectivity index (χ2n) is 10.1. The maximum atomic E-state index is 12.8. The molecule has 9 nitrogen and oxygen atoms in total. The highest BCUT2D eigenvalue weighted by Crippen LogP contribution is 2.29. The van der Waals surface area contributed by atoms with Crippen LogP contribution in [-0.4, -0.2) is 94.4 Å². The van der Waals surface area contributed by atoms with Gasteiger partial charge in [0.05, 0.1) is 11.6 Å². The van der Waals surface area contributed by atoms with Gasteiger partial charge in [-0.05, 0) is 63.3 Å². The Bertz CT molecular complexity index is 862. The van der Waals surface area contributed by atoms with E-state index in [0.29, 0.717) is 42.8 Å². The summed E-state index contributed by atoms with van der Waals surface area (Å²) in [7, 11) is 0. The van der Waals surface area contributed by atoms with Gasteiger partial charge in [0.25, 0.3) is 0 Å². The lowest BCUT2D eigenvalue weighted by Crippen LogP contribution is -2.57. The zero-order valence-electron chi connectivity index (χ0n) is 19.6. The number of benzene rings is 1. The first kappa shape index (κ1) is 24.8. The molecule has 0 radical (unpaired) electrons. The number of fused-ring (bicyclic) bond motifs is 2. The van der Waals surface area contributed by atoms with E-state index >= 15 is 0 Å². The molecule has 2 aliphatic heterocycles. The minimum atomic E-state index is -1.09. The quantitative estimate of drug-likeness (QED) is 0.640. The molecule has 0 aromatic heterocycles.